The molecule has 0 unspecified atom stereocenters. The zero-order valence-corrected chi connectivity index (χ0v) is 14.7. The number of hydrogen-bond acceptors (Lipinski definition) is 4. The normalized spacial score (nSPS) is 12.8. The summed E-state index contributed by atoms with van der Waals surface area (Å²) in [6.07, 6.45) is -0.637. The summed E-state index contributed by atoms with van der Waals surface area (Å²) in [6, 6.07) is 16.7. The van der Waals surface area contributed by atoms with Crippen LogP contribution in [0.2, 0.25) is 0 Å². The molecule has 0 bridgehead atoms. The highest BCUT2D eigenvalue weighted by atomic mass is 16.5. The van der Waals surface area contributed by atoms with E-state index in [0.29, 0.717) is 11.4 Å². The Morgan fingerprint density at radius 1 is 1.00 bits per heavy atom. The molecule has 1 N–H and O–H groups in total. The second-order valence-corrected chi connectivity index (χ2v) is 5.87. The third-order valence-corrected chi connectivity index (χ3v) is 3.88. The number of carbonyl (C=O) groups is 2. The van der Waals surface area contributed by atoms with Crippen LogP contribution in [0, 0.1) is 0 Å². The summed E-state index contributed by atoms with van der Waals surface area (Å²) in [4.78, 5) is 24.2. The van der Waals surface area contributed by atoms with Gasteiger partial charge in [-0.2, -0.15) is 0 Å². The van der Waals surface area contributed by atoms with Crippen molar-refractivity contribution in [2.24, 2.45) is 0 Å². The topological polar surface area (TPSA) is 64.6 Å². The van der Waals surface area contributed by atoms with Crippen LogP contribution in [0.5, 0.6) is 5.75 Å². The fraction of sp³-hybridized carbons (Fsp3) is 0.300. The third-order valence-electron chi connectivity index (χ3n) is 3.88. The fourth-order valence-corrected chi connectivity index (χ4v) is 2.37. The van der Waals surface area contributed by atoms with Crippen LogP contribution < -0.4 is 10.1 Å². The van der Waals surface area contributed by atoms with E-state index in [0.717, 1.165) is 5.56 Å². The molecule has 0 heterocycles. The molecule has 0 aliphatic carbocycles. The maximum atomic E-state index is 12.1. The number of benzene rings is 2. The van der Waals surface area contributed by atoms with E-state index in [4.69, 9.17) is 9.47 Å². The van der Waals surface area contributed by atoms with E-state index in [1.165, 1.54) is 0 Å². The lowest BCUT2D eigenvalue weighted by Gasteiger charge is -2.16. The quantitative estimate of drug-likeness (QED) is 0.779. The van der Waals surface area contributed by atoms with E-state index < -0.39 is 12.1 Å². The summed E-state index contributed by atoms with van der Waals surface area (Å²) in [5.41, 5.74) is 1.68. The molecule has 0 radical (unpaired) electrons. The first-order valence-corrected chi connectivity index (χ1v) is 8.19. The van der Waals surface area contributed by atoms with Crippen molar-refractivity contribution >= 4 is 17.6 Å². The summed E-state index contributed by atoms with van der Waals surface area (Å²) < 4.78 is 10.3. The Labute approximate surface area is 148 Å². The van der Waals surface area contributed by atoms with Crippen LogP contribution in [0.1, 0.15) is 31.7 Å². The van der Waals surface area contributed by atoms with Gasteiger partial charge < -0.3 is 14.8 Å². The molecular weight excluding hydrogens is 318 g/mol. The molecule has 0 aliphatic rings. The molecular formula is C20H23NO4. The Morgan fingerprint density at radius 2 is 1.64 bits per heavy atom. The minimum atomic E-state index is -0.863. The van der Waals surface area contributed by atoms with Crippen molar-refractivity contribution in [3.8, 4) is 5.75 Å². The highest BCUT2D eigenvalue weighted by Gasteiger charge is 2.20. The molecule has 0 fully saturated rings. The number of ether oxygens (including phenoxy) is 2. The molecule has 0 spiro atoms. The lowest BCUT2D eigenvalue weighted by molar-refractivity contribution is -0.153. The van der Waals surface area contributed by atoms with Gasteiger partial charge in [0.1, 0.15) is 5.75 Å². The number of amides is 1. The van der Waals surface area contributed by atoms with Gasteiger partial charge in [0.15, 0.2) is 6.10 Å². The van der Waals surface area contributed by atoms with Crippen molar-refractivity contribution in [2.75, 3.05) is 12.4 Å². The van der Waals surface area contributed by atoms with Gasteiger partial charge in [-0.15, -0.1) is 0 Å². The number of carbonyl (C=O) groups excluding carboxylic acids is 2. The average Bonchev–Trinajstić information content (AvgIpc) is 2.62. The Kier molecular flexibility index (Phi) is 6.57. The largest absolute Gasteiger partial charge is 0.497 e. The van der Waals surface area contributed by atoms with Gasteiger partial charge in [-0.1, -0.05) is 37.3 Å². The first-order chi connectivity index (χ1) is 12.0. The monoisotopic (exact) mass is 341 g/mol. The summed E-state index contributed by atoms with van der Waals surface area (Å²) in [7, 11) is 1.57. The second-order valence-electron chi connectivity index (χ2n) is 5.87. The summed E-state index contributed by atoms with van der Waals surface area (Å²) in [6.45, 7) is 3.52. The van der Waals surface area contributed by atoms with Gasteiger partial charge in [0.2, 0.25) is 0 Å². The van der Waals surface area contributed by atoms with Crippen LogP contribution in [0.4, 0.5) is 5.69 Å². The lowest BCUT2D eigenvalue weighted by Crippen LogP contribution is -2.30. The van der Waals surface area contributed by atoms with E-state index in [2.05, 4.69) is 5.32 Å². The average molecular weight is 341 g/mol. The van der Waals surface area contributed by atoms with Crippen molar-refractivity contribution < 1.29 is 19.1 Å². The molecule has 0 aromatic heterocycles. The van der Waals surface area contributed by atoms with Crippen LogP contribution in [0.25, 0.3) is 0 Å². The minimum Gasteiger partial charge on any atom is -0.497 e. The van der Waals surface area contributed by atoms with Crippen molar-refractivity contribution in [3.63, 3.8) is 0 Å². The van der Waals surface area contributed by atoms with Gasteiger partial charge in [-0.05, 0) is 42.7 Å². The molecule has 0 aliphatic heterocycles. The maximum Gasteiger partial charge on any atom is 0.307 e. The molecule has 2 aromatic rings. The van der Waals surface area contributed by atoms with Crippen LogP contribution in [-0.2, 0) is 14.3 Å². The highest BCUT2D eigenvalue weighted by molar-refractivity contribution is 5.95. The van der Waals surface area contributed by atoms with E-state index in [-0.39, 0.29) is 18.2 Å². The first kappa shape index (κ1) is 18.5. The molecule has 25 heavy (non-hydrogen) atoms. The highest BCUT2D eigenvalue weighted by Crippen LogP contribution is 2.19. The van der Waals surface area contributed by atoms with Gasteiger partial charge in [-0.25, -0.2) is 0 Å². The van der Waals surface area contributed by atoms with Crippen LogP contribution in [0.3, 0.4) is 0 Å². The molecule has 132 valence electrons. The summed E-state index contributed by atoms with van der Waals surface area (Å²) in [5.74, 6) is -0.0301. The molecule has 5 heteroatoms. The number of methoxy groups -OCH3 is 1. The number of anilines is 1. The molecule has 2 aromatic carbocycles. The van der Waals surface area contributed by atoms with Crippen molar-refractivity contribution in [3.05, 3.63) is 60.2 Å². The summed E-state index contributed by atoms with van der Waals surface area (Å²) in [5, 5.41) is 2.71. The molecule has 0 saturated carbocycles. The van der Waals surface area contributed by atoms with Crippen molar-refractivity contribution in [2.45, 2.75) is 32.3 Å². The van der Waals surface area contributed by atoms with E-state index >= 15 is 0 Å². The Hall–Kier alpha value is -2.82. The Morgan fingerprint density at radius 3 is 2.24 bits per heavy atom. The second kappa shape index (κ2) is 8.87. The van der Waals surface area contributed by atoms with Crippen LogP contribution >= 0.6 is 0 Å². The fourth-order valence-electron chi connectivity index (χ4n) is 2.37. The number of nitrogens with one attached hydrogen (secondary N) is 1. The zero-order valence-electron chi connectivity index (χ0n) is 14.7. The summed E-state index contributed by atoms with van der Waals surface area (Å²) >= 11 is 0. The van der Waals surface area contributed by atoms with Crippen molar-refractivity contribution in [1.82, 2.24) is 0 Å². The number of rotatable bonds is 7. The van der Waals surface area contributed by atoms with E-state index in [1.54, 1.807) is 38.3 Å². The molecule has 0 saturated heterocycles. The number of hydrogen-bond donors (Lipinski definition) is 1. The Bertz CT molecular complexity index is 697. The smallest absolute Gasteiger partial charge is 0.307 e. The van der Waals surface area contributed by atoms with Gasteiger partial charge in [0.05, 0.1) is 13.5 Å². The molecule has 5 nitrogen and oxygen atoms in total. The zero-order chi connectivity index (χ0) is 18.2. The van der Waals surface area contributed by atoms with Crippen LogP contribution in [0.15, 0.2) is 54.6 Å². The van der Waals surface area contributed by atoms with Gasteiger partial charge >= 0.3 is 5.97 Å². The van der Waals surface area contributed by atoms with Gasteiger partial charge in [0, 0.05) is 5.69 Å². The predicted octanol–water partition coefficient (Wildman–Crippen LogP) is 3.76. The van der Waals surface area contributed by atoms with Gasteiger partial charge in [-0.3, -0.25) is 9.59 Å². The SMILES string of the molecule is COc1ccc(NC(=O)[C@@H](C)OC(=O)C[C@@H](C)c2ccccc2)cc1. The number of esters is 1. The van der Waals surface area contributed by atoms with E-state index in [1.807, 2.05) is 37.3 Å². The lowest BCUT2D eigenvalue weighted by atomic mass is 9.98. The molecule has 1 amide bonds. The first-order valence-electron chi connectivity index (χ1n) is 8.19. The van der Waals surface area contributed by atoms with Crippen molar-refractivity contribution in [1.29, 1.82) is 0 Å². The maximum absolute atomic E-state index is 12.1. The molecule has 2 rings (SSSR count). The van der Waals surface area contributed by atoms with E-state index in [9.17, 15) is 9.59 Å². The van der Waals surface area contributed by atoms with Crippen LogP contribution in [-0.4, -0.2) is 25.1 Å². The van der Waals surface area contributed by atoms with Gasteiger partial charge in [0.25, 0.3) is 5.91 Å². The molecule has 2 atom stereocenters. The minimum absolute atomic E-state index is 0.0329. The standard InChI is InChI=1S/C20H23NO4/c1-14(16-7-5-4-6-8-16)13-19(22)25-15(2)20(23)21-17-9-11-18(24-3)12-10-17/h4-12,14-15H,13H2,1-3H3,(H,21,23)/t14-,15-/m1/s1. The third kappa shape index (κ3) is 5.64. The Balaban J connectivity index is 1.84. The predicted molar refractivity (Wildman–Crippen MR) is 96.7 cm³/mol.